The van der Waals surface area contributed by atoms with Gasteiger partial charge in [0.2, 0.25) is 0 Å². The van der Waals surface area contributed by atoms with Gasteiger partial charge in [0, 0.05) is 12.1 Å². The van der Waals surface area contributed by atoms with Crippen molar-refractivity contribution in [3.63, 3.8) is 0 Å². The Morgan fingerprint density at radius 3 is 2.83 bits per heavy atom. The van der Waals surface area contributed by atoms with Crippen LogP contribution in [0.5, 0.6) is 5.75 Å². The second-order valence-corrected chi connectivity index (χ2v) is 6.69. The van der Waals surface area contributed by atoms with Crippen LogP contribution in [0, 0.1) is 0 Å². The normalized spacial score (nSPS) is 23.1. The molecule has 23 heavy (non-hydrogen) atoms. The highest BCUT2D eigenvalue weighted by Crippen LogP contribution is 2.31. The van der Waals surface area contributed by atoms with Crippen LogP contribution >= 0.6 is 0 Å². The third-order valence-electron chi connectivity index (χ3n) is 4.86. The van der Waals surface area contributed by atoms with Crippen LogP contribution in [0.25, 0.3) is 0 Å². The van der Waals surface area contributed by atoms with Crippen LogP contribution in [-0.2, 0) is 0 Å². The number of carbonyl (C=O) groups excluding carboxylic acids is 1. The largest absolute Gasteiger partial charge is 0.493 e. The monoisotopic (exact) mass is 318 g/mol. The maximum Gasteiger partial charge on any atom is 0.315 e. The van der Waals surface area contributed by atoms with E-state index in [2.05, 4.69) is 10.6 Å². The molecule has 5 heteroatoms. The molecule has 5 nitrogen and oxygen atoms in total. The summed E-state index contributed by atoms with van der Waals surface area (Å²) in [5.74, 6) is 0.848. The van der Waals surface area contributed by atoms with Gasteiger partial charge in [-0.15, -0.1) is 0 Å². The first-order chi connectivity index (χ1) is 11.2. The van der Waals surface area contributed by atoms with Crippen molar-refractivity contribution in [1.82, 2.24) is 10.6 Å². The smallest absolute Gasteiger partial charge is 0.315 e. The summed E-state index contributed by atoms with van der Waals surface area (Å²) in [6, 6.07) is 7.59. The lowest BCUT2D eigenvalue weighted by Gasteiger charge is -2.32. The minimum Gasteiger partial charge on any atom is -0.493 e. The topological polar surface area (TPSA) is 70.6 Å². The lowest BCUT2D eigenvalue weighted by Crippen LogP contribution is -2.47. The van der Waals surface area contributed by atoms with Gasteiger partial charge in [0.15, 0.2) is 0 Å². The Morgan fingerprint density at radius 1 is 1.22 bits per heavy atom. The van der Waals surface area contributed by atoms with Crippen LogP contribution in [0.15, 0.2) is 24.3 Å². The molecular formula is C18H26N2O3. The molecule has 1 atom stereocenters. The molecule has 1 fully saturated rings. The van der Waals surface area contributed by atoms with E-state index in [0.29, 0.717) is 13.2 Å². The lowest BCUT2D eigenvalue weighted by molar-refractivity contribution is 0.00712. The maximum atomic E-state index is 12.2. The SMILES string of the molecule is O=C(NCC1(O)CCCCC1)NC1CCCOc2ccccc21. The average Bonchev–Trinajstić information content (AvgIpc) is 2.77. The van der Waals surface area contributed by atoms with E-state index >= 15 is 0 Å². The fraction of sp³-hybridized carbons (Fsp3) is 0.611. The van der Waals surface area contributed by atoms with Gasteiger partial charge in [0.05, 0.1) is 18.2 Å². The molecule has 3 N–H and O–H groups in total. The highest BCUT2D eigenvalue weighted by atomic mass is 16.5. The van der Waals surface area contributed by atoms with Crippen LogP contribution < -0.4 is 15.4 Å². The molecule has 2 amide bonds. The third-order valence-corrected chi connectivity index (χ3v) is 4.86. The summed E-state index contributed by atoms with van der Waals surface area (Å²) in [5.41, 5.74) is 0.289. The molecule has 1 saturated carbocycles. The van der Waals surface area contributed by atoms with Gasteiger partial charge in [0.25, 0.3) is 0 Å². The fourth-order valence-corrected chi connectivity index (χ4v) is 3.52. The van der Waals surface area contributed by atoms with Crippen molar-refractivity contribution in [1.29, 1.82) is 0 Å². The van der Waals surface area contributed by atoms with Gasteiger partial charge in [-0.05, 0) is 31.7 Å². The number of urea groups is 1. The predicted molar refractivity (Wildman–Crippen MR) is 88.5 cm³/mol. The van der Waals surface area contributed by atoms with Crippen LogP contribution in [0.1, 0.15) is 56.6 Å². The number of hydrogen-bond donors (Lipinski definition) is 3. The molecule has 126 valence electrons. The molecule has 1 aromatic rings. The van der Waals surface area contributed by atoms with Crippen molar-refractivity contribution >= 4 is 6.03 Å². The van der Waals surface area contributed by atoms with E-state index in [4.69, 9.17) is 4.74 Å². The molecule has 1 unspecified atom stereocenters. The van der Waals surface area contributed by atoms with Crippen molar-refractivity contribution in [2.75, 3.05) is 13.2 Å². The van der Waals surface area contributed by atoms with Gasteiger partial charge in [0.1, 0.15) is 5.75 Å². The molecule has 1 aliphatic heterocycles. The van der Waals surface area contributed by atoms with Crippen molar-refractivity contribution in [3.05, 3.63) is 29.8 Å². The fourth-order valence-electron chi connectivity index (χ4n) is 3.52. The predicted octanol–water partition coefficient (Wildman–Crippen LogP) is 2.89. The van der Waals surface area contributed by atoms with Gasteiger partial charge >= 0.3 is 6.03 Å². The zero-order valence-corrected chi connectivity index (χ0v) is 13.5. The maximum absolute atomic E-state index is 12.2. The quantitative estimate of drug-likeness (QED) is 0.802. The first-order valence-electron chi connectivity index (χ1n) is 8.65. The second-order valence-electron chi connectivity index (χ2n) is 6.69. The summed E-state index contributed by atoms with van der Waals surface area (Å²) < 4.78 is 5.72. The van der Waals surface area contributed by atoms with E-state index in [9.17, 15) is 9.90 Å². The molecular weight excluding hydrogens is 292 g/mol. The van der Waals surface area contributed by atoms with E-state index in [-0.39, 0.29) is 12.1 Å². The van der Waals surface area contributed by atoms with Crippen LogP contribution in [0.4, 0.5) is 4.79 Å². The summed E-state index contributed by atoms with van der Waals surface area (Å²) in [4.78, 5) is 12.2. The molecule has 0 radical (unpaired) electrons. The molecule has 0 aromatic heterocycles. The minimum absolute atomic E-state index is 0.0466. The molecule has 0 spiro atoms. The summed E-state index contributed by atoms with van der Waals surface area (Å²) in [6.45, 7) is 1.00. The Balaban J connectivity index is 1.57. The first-order valence-corrected chi connectivity index (χ1v) is 8.65. The number of carbonyl (C=O) groups is 1. The molecule has 0 saturated heterocycles. The van der Waals surface area contributed by atoms with Crippen molar-refractivity contribution in [3.8, 4) is 5.75 Å². The summed E-state index contributed by atoms with van der Waals surface area (Å²) in [7, 11) is 0. The minimum atomic E-state index is -0.736. The van der Waals surface area contributed by atoms with Crippen LogP contribution in [0.3, 0.4) is 0 Å². The average molecular weight is 318 g/mol. The van der Waals surface area contributed by atoms with Crippen LogP contribution in [0.2, 0.25) is 0 Å². The molecule has 3 rings (SSSR count). The van der Waals surface area contributed by atoms with E-state index in [1.165, 1.54) is 6.42 Å². The van der Waals surface area contributed by atoms with Gasteiger partial charge in [-0.3, -0.25) is 0 Å². The van der Waals surface area contributed by atoms with Gasteiger partial charge in [-0.1, -0.05) is 37.5 Å². The summed E-state index contributed by atoms with van der Waals surface area (Å²) in [6.07, 6.45) is 6.55. The van der Waals surface area contributed by atoms with Gasteiger partial charge in [-0.25, -0.2) is 4.79 Å². The summed E-state index contributed by atoms with van der Waals surface area (Å²) >= 11 is 0. The number of hydrogen-bond acceptors (Lipinski definition) is 3. The second kappa shape index (κ2) is 7.21. The van der Waals surface area contributed by atoms with Gasteiger partial charge < -0.3 is 20.5 Å². The molecule has 1 heterocycles. The lowest BCUT2D eigenvalue weighted by atomic mass is 9.85. The molecule has 0 bridgehead atoms. The third kappa shape index (κ3) is 4.16. The number of aliphatic hydroxyl groups is 1. The Labute approximate surface area is 137 Å². The number of ether oxygens (including phenoxy) is 1. The Hall–Kier alpha value is -1.75. The van der Waals surface area contributed by atoms with Crippen molar-refractivity contribution in [2.45, 2.75) is 56.6 Å². The highest BCUT2D eigenvalue weighted by Gasteiger charge is 2.30. The molecule has 1 aliphatic carbocycles. The number of nitrogens with one attached hydrogen (secondary N) is 2. The van der Waals surface area contributed by atoms with Gasteiger partial charge in [-0.2, -0.15) is 0 Å². The van der Waals surface area contributed by atoms with Crippen molar-refractivity contribution in [2.24, 2.45) is 0 Å². The van der Waals surface area contributed by atoms with E-state index in [1.54, 1.807) is 0 Å². The number of rotatable bonds is 3. The standard InChI is InChI=1S/C18H26N2O3/c21-17(19-13-18(22)10-4-1-5-11-18)20-15-8-6-12-23-16-9-3-2-7-14(15)16/h2-3,7,9,15,22H,1,4-6,8,10-13H2,(H2,19,20,21). The zero-order valence-electron chi connectivity index (χ0n) is 13.5. The van der Waals surface area contributed by atoms with E-state index < -0.39 is 5.60 Å². The van der Waals surface area contributed by atoms with E-state index in [1.807, 2.05) is 24.3 Å². The number of amides is 2. The number of fused-ring (bicyclic) bond motifs is 1. The summed E-state index contributed by atoms with van der Waals surface area (Å²) in [5, 5.41) is 16.3. The Kier molecular flexibility index (Phi) is 5.06. The Morgan fingerprint density at radius 2 is 2.00 bits per heavy atom. The number of para-hydroxylation sites is 1. The van der Waals surface area contributed by atoms with Crippen LogP contribution in [-0.4, -0.2) is 29.9 Å². The molecule has 2 aliphatic rings. The first kappa shape index (κ1) is 16.1. The van der Waals surface area contributed by atoms with E-state index in [0.717, 1.165) is 49.8 Å². The Bertz CT molecular complexity index is 541. The zero-order chi connectivity index (χ0) is 16.1. The number of benzene rings is 1. The van der Waals surface area contributed by atoms with Crippen molar-refractivity contribution < 1.29 is 14.6 Å². The highest BCUT2D eigenvalue weighted by molar-refractivity contribution is 5.74. The molecule has 1 aromatic carbocycles.